The van der Waals surface area contributed by atoms with Gasteiger partial charge in [-0.05, 0) is 36.3 Å². The van der Waals surface area contributed by atoms with Gasteiger partial charge in [0.1, 0.15) is 11.9 Å². The quantitative estimate of drug-likeness (QED) is 0.605. The van der Waals surface area contributed by atoms with Crippen molar-refractivity contribution < 1.29 is 9.59 Å². The maximum absolute atomic E-state index is 12.9. The Morgan fingerprint density at radius 2 is 1.75 bits per heavy atom. The van der Waals surface area contributed by atoms with E-state index in [0.29, 0.717) is 18.7 Å². The molecule has 1 aromatic heterocycles. The van der Waals surface area contributed by atoms with Gasteiger partial charge in [0.05, 0.1) is 5.52 Å². The van der Waals surface area contributed by atoms with Crippen LogP contribution in [-0.2, 0) is 11.3 Å². The number of fused-ring (bicyclic) bond motifs is 3. The maximum atomic E-state index is 12.9. The van der Waals surface area contributed by atoms with Gasteiger partial charge >= 0.3 is 0 Å². The molecule has 2 aliphatic rings. The lowest BCUT2D eigenvalue weighted by Gasteiger charge is -2.35. The largest absolute Gasteiger partial charge is 0.359 e. The van der Waals surface area contributed by atoms with Crippen molar-refractivity contribution in [2.45, 2.75) is 25.4 Å². The Hall–Kier alpha value is -3.10. The van der Waals surface area contributed by atoms with E-state index >= 15 is 0 Å². The van der Waals surface area contributed by atoms with Crippen LogP contribution in [0.15, 0.2) is 54.6 Å². The van der Waals surface area contributed by atoms with Crippen LogP contribution in [0.1, 0.15) is 23.2 Å². The van der Waals surface area contributed by atoms with Crippen molar-refractivity contribution in [3.05, 3.63) is 64.9 Å². The smallest absolute Gasteiger partial charge is 0.257 e. The second kappa shape index (κ2) is 8.80. The number of nitrogens with one attached hydrogen (secondary N) is 1. The minimum absolute atomic E-state index is 0.0986. The predicted octanol–water partition coefficient (Wildman–Crippen LogP) is 3.32. The molecular weight excluding hydrogens is 422 g/mol. The van der Waals surface area contributed by atoms with Gasteiger partial charge in [-0.3, -0.25) is 14.5 Å². The minimum Gasteiger partial charge on any atom is -0.359 e. The average molecular weight is 448 g/mol. The highest BCUT2D eigenvalue weighted by Crippen LogP contribution is 2.29. The van der Waals surface area contributed by atoms with E-state index in [1.165, 1.54) is 10.1 Å². The van der Waals surface area contributed by atoms with Crippen LogP contribution in [0.3, 0.4) is 0 Å². The first-order chi connectivity index (χ1) is 15.6. The number of carbonyl (C=O) groups is 2. The molecule has 2 aliphatic heterocycles. The Kier molecular flexibility index (Phi) is 5.71. The summed E-state index contributed by atoms with van der Waals surface area (Å²) in [5, 5.41) is 4.15. The van der Waals surface area contributed by atoms with Crippen LogP contribution in [0.5, 0.6) is 0 Å². The van der Waals surface area contributed by atoms with Crippen molar-refractivity contribution in [2.24, 2.45) is 0 Å². The van der Waals surface area contributed by atoms with Gasteiger partial charge in [-0.15, -0.1) is 0 Å². The van der Waals surface area contributed by atoms with E-state index in [9.17, 15) is 9.59 Å². The number of benzene rings is 2. The molecule has 164 valence electrons. The van der Waals surface area contributed by atoms with Gasteiger partial charge in [0.25, 0.3) is 5.91 Å². The maximum Gasteiger partial charge on any atom is 0.257 e. The van der Waals surface area contributed by atoms with Crippen LogP contribution in [0.25, 0.3) is 10.9 Å². The third-order valence-electron chi connectivity index (χ3n) is 6.24. The summed E-state index contributed by atoms with van der Waals surface area (Å²) in [6.45, 7) is 4.07. The van der Waals surface area contributed by atoms with Crippen molar-refractivity contribution in [3.63, 3.8) is 0 Å². The Bertz CT molecular complexity index is 1220. The Morgan fingerprint density at radius 3 is 2.53 bits per heavy atom. The van der Waals surface area contributed by atoms with Crippen LogP contribution < -0.4 is 5.32 Å². The number of nitrogens with zero attached hydrogens (tertiary/aromatic N) is 4. The zero-order valence-electron chi connectivity index (χ0n) is 17.7. The number of rotatable bonds is 5. The second-order valence-electron chi connectivity index (χ2n) is 8.31. The molecule has 0 unspecified atom stereocenters. The topological polar surface area (TPSA) is 70.5 Å². The van der Waals surface area contributed by atoms with E-state index in [2.05, 4.69) is 39.5 Å². The number of carbonyl (C=O) groups excluding carboxylic acids is 2. The van der Waals surface area contributed by atoms with Crippen LogP contribution in [0.2, 0.25) is 0 Å². The zero-order chi connectivity index (χ0) is 22.1. The summed E-state index contributed by atoms with van der Waals surface area (Å²) in [5.74, 6) is 0.641. The fourth-order valence-corrected chi connectivity index (χ4v) is 4.77. The first-order valence-corrected chi connectivity index (χ1v) is 11.4. The van der Waals surface area contributed by atoms with Crippen LogP contribution in [-0.4, -0.2) is 63.4 Å². The summed E-state index contributed by atoms with van der Waals surface area (Å²) in [6, 6.07) is 17.5. The summed E-state index contributed by atoms with van der Waals surface area (Å²) in [5.41, 5.74) is 2.05. The summed E-state index contributed by atoms with van der Waals surface area (Å²) in [7, 11) is 0. The lowest BCUT2D eigenvalue weighted by Crippen LogP contribution is -2.48. The zero-order valence-corrected chi connectivity index (χ0v) is 18.6. The Balaban J connectivity index is 1.17. The van der Waals surface area contributed by atoms with Gasteiger partial charge in [0.2, 0.25) is 10.7 Å². The van der Waals surface area contributed by atoms with Gasteiger partial charge in [-0.2, -0.15) is 0 Å². The molecule has 0 aliphatic carbocycles. The summed E-state index contributed by atoms with van der Waals surface area (Å²) < 4.78 is 1.72. The third kappa shape index (κ3) is 4.03. The standard InChI is InChI=1S/C24H25N5O2S/c30-21(28-14-12-27(13-15-28)16-17-6-2-1-3-7-17)11-10-20-23(31)29-22(25-20)18-8-4-5-9-19(18)26-24(29)32/h1-9,20,25H,10-16H2/t20-/m0/s1. The van der Waals surface area contributed by atoms with E-state index in [1.807, 2.05) is 35.2 Å². The van der Waals surface area contributed by atoms with Gasteiger partial charge in [0.15, 0.2) is 0 Å². The lowest BCUT2D eigenvalue weighted by molar-refractivity contribution is -0.133. The molecule has 1 saturated heterocycles. The molecule has 1 atom stereocenters. The second-order valence-corrected chi connectivity index (χ2v) is 8.68. The van der Waals surface area contributed by atoms with Crippen molar-refractivity contribution >= 4 is 40.8 Å². The monoisotopic (exact) mass is 447 g/mol. The van der Waals surface area contributed by atoms with Crippen LogP contribution >= 0.6 is 12.2 Å². The molecule has 3 heterocycles. The van der Waals surface area contributed by atoms with E-state index in [1.54, 1.807) is 0 Å². The Labute approximate surface area is 191 Å². The number of para-hydroxylation sites is 1. The number of anilines is 1. The minimum atomic E-state index is -0.465. The molecule has 5 rings (SSSR count). The van der Waals surface area contributed by atoms with Gasteiger partial charge < -0.3 is 10.2 Å². The first-order valence-electron chi connectivity index (χ1n) is 11.0. The number of aromatic nitrogens is 2. The summed E-state index contributed by atoms with van der Waals surface area (Å²) >= 11 is 5.34. The van der Waals surface area contributed by atoms with Gasteiger partial charge in [-0.1, -0.05) is 42.5 Å². The van der Waals surface area contributed by atoms with E-state index in [0.717, 1.165) is 43.6 Å². The fraction of sp³-hybridized carbons (Fsp3) is 0.333. The molecule has 0 spiro atoms. The molecule has 1 amide bonds. The molecular formula is C24H25N5O2S. The number of hydrogen-bond donors (Lipinski definition) is 1. The number of piperazine rings is 1. The average Bonchev–Trinajstić information content (AvgIpc) is 3.16. The van der Waals surface area contributed by atoms with E-state index < -0.39 is 6.04 Å². The van der Waals surface area contributed by atoms with Gasteiger partial charge in [-0.25, -0.2) is 9.55 Å². The highest BCUT2D eigenvalue weighted by molar-refractivity contribution is 7.71. The summed E-state index contributed by atoms with van der Waals surface area (Å²) in [4.78, 5) is 34.4. The highest BCUT2D eigenvalue weighted by atomic mass is 32.1. The van der Waals surface area contributed by atoms with Gasteiger partial charge in [0, 0.05) is 44.5 Å². The number of hydrogen-bond acceptors (Lipinski definition) is 6. The van der Waals surface area contributed by atoms with Crippen LogP contribution in [0, 0.1) is 4.77 Å². The first kappa shape index (κ1) is 20.8. The molecule has 1 fully saturated rings. The molecule has 0 radical (unpaired) electrons. The molecule has 3 aromatic rings. The Morgan fingerprint density at radius 1 is 1.03 bits per heavy atom. The third-order valence-corrected chi connectivity index (χ3v) is 6.51. The van der Waals surface area contributed by atoms with E-state index in [-0.39, 0.29) is 16.6 Å². The predicted molar refractivity (Wildman–Crippen MR) is 126 cm³/mol. The van der Waals surface area contributed by atoms with E-state index in [4.69, 9.17) is 12.2 Å². The molecule has 0 bridgehead atoms. The molecule has 0 saturated carbocycles. The van der Waals surface area contributed by atoms with Crippen LogP contribution in [0.4, 0.5) is 5.82 Å². The number of amides is 1. The SMILES string of the molecule is O=C(CC[C@@H]1Nc2c3ccccc3nc(=S)n2C1=O)N1CCN(Cc2ccccc2)CC1. The van der Waals surface area contributed by atoms with Crippen molar-refractivity contribution in [3.8, 4) is 0 Å². The molecule has 32 heavy (non-hydrogen) atoms. The summed E-state index contributed by atoms with van der Waals surface area (Å²) in [6.07, 6.45) is 0.765. The highest BCUT2D eigenvalue weighted by Gasteiger charge is 2.32. The van der Waals surface area contributed by atoms with Crippen molar-refractivity contribution in [1.82, 2.24) is 19.4 Å². The molecule has 1 N–H and O–H groups in total. The normalized spacial score (nSPS) is 18.6. The van der Waals surface area contributed by atoms with Crippen molar-refractivity contribution in [1.29, 1.82) is 0 Å². The molecule has 8 heteroatoms. The fourth-order valence-electron chi connectivity index (χ4n) is 4.49. The lowest BCUT2D eigenvalue weighted by atomic mass is 10.1. The molecule has 2 aromatic carbocycles. The van der Waals surface area contributed by atoms with Crippen molar-refractivity contribution in [2.75, 3.05) is 31.5 Å². The molecule has 7 nitrogen and oxygen atoms in total.